The zero-order valence-electron chi connectivity index (χ0n) is 16.8. The minimum absolute atomic E-state index is 0.101. The van der Waals surface area contributed by atoms with Gasteiger partial charge < -0.3 is 19.7 Å². The van der Waals surface area contributed by atoms with Crippen molar-refractivity contribution in [2.24, 2.45) is 5.41 Å². The molecule has 0 atom stereocenters. The van der Waals surface area contributed by atoms with Gasteiger partial charge in [-0.15, -0.1) is 0 Å². The number of carboxylic acids is 1. The molecule has 0 aromatic heterocycles. The Bertz CT molecular complexity index is 893. The van der Waals surface area contributed by atoms with Gasteiger partial charge >= 0.3 is 5.97 Å². The number of hydrogen-bond donors (Lipinski definition) is 2. The molecule has 28 heavy (non-hydrogen) atoms. The number of hydrogen-bond acceptors (Lipinski definition) is 5. The van der Waals surface area contributed by atoms with Gasteiger partial charge in [-0.2, -0.15) is 0 Å². The van der Waals surface area contributed by atoms with Gasteiger partial charge in [0, 0.05) is 17.5 Å². The Morgan fingerprint density at radius 3 is 2.11 bits per heavy atom. The van der Waals surface area contributed by atoms with Crippen molar-refractivity contribution in [1.29, 1.82) is 0 Å². The quantitative estimate of drug-likeness (QED) is 0.527. The van der Waals surface area contributed by atoms with Gasteiger partial charge in [0.2, 0.25) is 6.79 Å². The molecule has 2 rings (SSSR count). The monoisotopic (exact) mass is 386 g/mol. The van der Waals surface area contributed by atoms with Gasteiger partial charge in [0.05, 0.1) is 11.1 Å². The molecule has 0 aliphatic rings. The Morgan fingerprint density at radius 2 is 1.54 bits per heavy atom. The van der Waals surface area contributed by atoms with Crippen LogP contribution in [0.4, 0.5) is 0 Å². The maximum absolute atomic E-state index is 12.4. The van der Waals surface area contributed by atoms with Gasteiger partial charge in [0.15, 0.2) is 5.78 Å². The molecule has 0 spiro atoms. The summed E-state index contributed by atoms with van der Waals surface area (Å²) in [6.45, 7) is 9.04. The molecule has 0 radical (unpaired) electrons. The summed E-state index contributed by atoms with van der Waals surface area (Å²) in [7, 11) is 0. The first-order chi connectivity index (χ1) is 13.0. The smallest absolute Gasteiger partial charge is 0.336 e. The molecule has 2 aromatic rings. The number of carbonyl (C=O) groups is 2. The number of carbonyl (C=O) groups excluding carboxylic acids is 1. The second kappa shape index (κ2) is 8.33. The van der Waals surface area contributed by atoms with Crippen molar-refractivity contribution < 1.29 is 29.3 Å². The van der Waals surface area contributed by atoms with Crippen molar-refractivity contribution in [2.45, 2.75) is 41.0 Å². The zero-order valence-corrected chi connectivity index (χ0v) is 16.8. The van der Waals surface area contributed by atoms with E-state index >= 15 is 0 Å². The van der Waals surface area contributed by atoms with Gasteiger partial charge in [-0.3, -0.25) is 4.79 Å². The SMILES string of the molecule is Cc1c(OCOc2ccc(C(=O)CC(C)(C)C)c(O)c2C)cccc1C(=O)O. The van der Waals surface area contributed by atoms with Crippen molar-refractivity contribution in [3.05, 3.63) is 52.6 Å². The highest BCUT2D eigenvalue weighted by atomic mass is 16.7. The summed E-state index contributed by atoms with van der Waals surface area (Å²) in [6.07, 6.45) is 0.322. The van der Waals surface area contributed by atoms with Crippen LogP contribution in [0.25, 0.3) is 0 Å². The van der Waals surface area contributed by atoms with Crippen molar-refractivity contribution in [3.63, 3.8) is 0 Å². The molecule has 6 nitrogen and oxygen atoms in total. The number of phenolic OH excluding ortho intramolecular Hbond substituents is 1. The van der Waals surface area contributed by atoms with Crippen LogP contribution in [0.5, 0.6) is 17.2 Å². The van der Waals surface area contributed by atoms with E-state index in [0.29, 0.717) is 29.0 Å². The maximum atomic E-state index is 12.4. The first kappa shape index (κ1) is 21.3. The summed E-state index contributed by atoms with van der Waals surface area (Å²) in [5.74, 6) is -0.469. The van der Waals surface area contributed by atoms with Crippen LogP contribution in [0, 0.1) is 19.3 Å². The molecule has 2 aromatic carbocycles. The van der Waals surface area contributed by atoms with Crippen molar-refractivity contribution in [1.82, 2.24) is 0 Å². The van der Waals surface area contributed by atoms with Gasteiger partial charge in [-0.05, 0) is 43.5 Å². The van der Waals surface area contributed by atoms with Crippen LogP contribution in [-0.2, 0) is 0 Å². The molecule has 0 aliphatic carbocycles. The van der Waals surface area contributed by atoms with Gasteiger partial charge in [0.1, 0.15) is 17.2 Å². The summed E-state index contributed by atoms with van der Waals surface area (Å²) in [5, 5.41) is 19.6. The van der Waals surface area contributed by atoms with Crippen LogP contribution in [0.3, 0.4) is 0 Å². The lowest BCUT2D eigenvalue weighted by atomic mass is 9.87. The normalized spacial score (nSPS) is 11.2. The molecule has 0 bridgehead atoms. The maximum Gasteiger partial charge on any atom is 0.336 e. The number of rotatable bonds is 7. The highest BCUT2D eigenvalue weighted by Crippen LogP contribution is 2.33. The highest BCUT2D eigenvalue weighted by molar-refractivity contribution is 5.99. The standard InChI is InChI=1S/C22H26O6/c1-13-15(21(25)26)7-6-8-18(13)27-12-28-19-10-9-16(20(24)14(19)2)17(23)11-22(3,4)5/h6-10,24H,11-12H2,1-5H3,(H,25,26). The van der Waals surface area contributed by atoms with E-state index in [-0.39, 0.29) is 34.9 Å². The molecule has 6 heteroatoms. The molecule has 0 unspecified atom stereocenters. The predicted octanol–water partition coefficient (Wildman–Crippen LogP) is 4.74. The summed E-state index contributed by atoms with van der Waals surface area (Å²) >= 11 is 0. The number of ether oxygens (including phenoxy) is 2. The fourth-order valence-electron chi connectivity index (χ4n) is 2.80. The van der Waals surface area contributed by atoms with Gasteiger partial charge in [-0.25, -0.2) is 4.79 Å². The van der Waals surface area contributed by atoms with Crippen molar-refractivity contribution >= 4 is 11.8 Å². The number of benzene rings is 2. The molecule has 0 saturated carbocycles. The second-order valence-electron chi connectivity index (χ2n) is 7.89. The number of ketones is 1. The van der Waals surface area contributed by atoms with E-state index in [1.165, 1.54) is 6.07 Å². The third-order valence-electron chi connectivity index (χ3n) is 4.32. The average molecular weight is 386 g/mol. The predicted molar refractivity (Wildman–Crippen MR) is 106 cm³/mol. The summed E-state index contributed by atoms with van der Waals surface area (Å²) < 4.78 is 11.1. The van der Waals surface area contributed by atoms with E-state index < -0.39 is 5.97 Å². The Hall–Kier alpha value is -3.02. The molecule has 0 amide bonds. The Morgan fingerprint density at radius 1 is 0.929 bits per heavy atom. The number of aromatic hydroxyl groups is 1. The number of aromatic carboxylic acids is 1. The van der Waals surface area contributed by atoms with Gasteiger partial charge in [-0.1, -0.05) is 26.8 Å². The molecule has 0 heterocycles. The minimum Gasteiger partial charge on any atom is -0.507 e. The van der Waals surface area contributed by atoms with Crippen LogP contribution in [0.2, 0.25) is 0 Å². The molecule has 2 N–H and O–H groups in total. The first-order valence-corrected chi connectivity index (χ1v) is 8.95. The lowest BCUT2D eigenvalue weighted by molar-refractivity contribution is 0.0693. The molecule has 150 valence electrons. The Balaban J connectivity index is 2.10. The lowest BCUT2D eigenvalue weighted by Gasteiger charge is -2.18. The lowest BCUT2D eigenvalue weighted by Crippen LogP contribution is -2.14. The van der Waals surface area contributed by atoms with Crippen LogP contribution in [-0.4, -0.2) is 28.8 Å². The largest absolute Gasteiger partial charge is 0.507 e. The van der Waals surface area contributed by atoms with Crippen LogP contribution >= 0.6 is 0 Å². The number of Topliss-reactive ketones (excluding diaryl/α,β-unsaturated/α-hetero) is 1. The second-order valence-corrected chi connectivity index (χ2v) is 7.89. The van der Waals surface area contributed by atoms with E-state index in [9.17, 15) is 14.7 Å². The molecule has 0 saturated heterocycles. The fourth-order valence-corrected chi connectivity index (χ4v) is 2.80. The van der Waals surface area contributed by atoms with E-state index in [0.717, 1.165) is 0 Å². The number of phenols is 1. The van der Waals surface area contributed by atoms with Crippen molar-refractivity contribution in [3.8, 4) is 17.2 Å². The first-order valence-electron chi connectivity index (χ1n) is 8.95. The molecular weight excluding hydrogens is 360 g/mol. The van der Waals surface area contributed by atoms with Crippen molar-refractivity contribution in [2.75, 3.05) is 6.79 Å². The average Bonchev–Trinajstić information content (AvgIpc) is 2.58. The fraction of sp³-hybridized carbons (Fsp3) is 0.364. The minimum atomic E-state index is -1.03. The van der Waals surface area contributed by atoms with Crippen LogP contribution in [0.1, 0.15) is 59.0 Å². The van der Waals surface area contributed by atoms with Crippen LogP contribution in [0.15, 0.2) is 30.3 Å². The molecular formula is C22H26O6. The van der Waals surface area contributed by atoms with Gasteiger partial charge in [0.25, 0.3) is 0 Å². The zero-order chi connectivity index (χ0) is 21.1. The number of carboxylic acid groups (broad SMARTS) is 1. The highest BCUT2D eigenvalue weighted by Gasteiger charge is 2.21. The summed E-state index contributed by atoms with van der Waals surface area (Å²) in [4.78, 5) is 23.6. The van der Waals surface area contributed by atoms with E-state index in [1.807, 2.05) is 20.8 Å². The van der Waals surface area contributed by atoms with E-state index in [4.69, 9.17) is 14.6 Å². The third kappa shape index (κ3) is 5.03. The Kier molecular flexibility index (Phi) is 6.33. The molecule has 0 aliphatic heterocycles. The van der Waals surface area contributed by atoms with E-state index in [2.05, 4.69) is 0 Å². The summed E-state index contributed by atoms with van der Waals surface area (Å²) in [5.41, 5.74) is 1.20. The van der Waals surface area contributed by atoms with E-state index in [1.54, 1.807) is 38.1 Å². The van der Waals surface area contributed by atoms with Crippen LogP contribution < -0.4 is 9.47 Å². The third-order valence-corrected chi connectivity index (χ3v) is 4.32. The summed E-state index contributed by atoms with van der Waals surface area (Å²) in [6, 6.07) is 7.92. The Labute approximate surface area is 164 Å². The topological polar surface area (TPSA) is 93.1 Å². The molecule has 0 fully saturated rings.